The van der Waals surface area contributed by atoms with Gasteiger partial charge in [0.15, 0.2) is 12.2 Å². The van der Waals surface area contributed by atoms with Crippen LogP contribution in [0.3, 0.4) is 0 Å². The minimum Gasteiger partial charge on any atom is -0.462 e. The lowest BCUT2D eigenvalue weighted by molar-refractivity contribution is -0.161. The average Bonchev–Trinajstić information content (AvgIpc) is 3.58. The number of aliphatic hydroxyl groups excluding tert-OH is 1. The van der Waals surface area contributed by atoms with E-state index in [1.54, 1.807) is 0 Å². The summed E-state index contributed by atoms with van der Waals surface area (Å²) in [7, 11) is -9.89. The van der Waals surface area contributed by atoms with Gasteiger partial charge in [0.1, 0.15) is 19.3 Å². The van der Waals surface area contributed by atoms with Crippen molar-refractivity contribution < 1.29 is 80.2 Å². The summed E-state index contributed by atoms with van der Waals surface area (Å²) < 4.78 is 68.0. The van der Waals surface area contributed by atoms with Gasteiger partial charge in [-0.2, -0.15) is 0 Å². The van der Waals surface area contributed by atoms with Crippen LogP contribution in [0.15, 0.2) is 0 Å². The van der Waals surface area contributed by atoms with Crippen LogP contribution in [-0.4, -0.2) is 96.7 Å². The maximum Gasteiger partial charge on any atom is 0.472 e. The molecule has 0 saturated carbocycles. The van der Waals surface area contributed by atoms with Crippen molar-refractivity contribution in [2.24, 2.45) is 11.8 Å². The van der Waals surface area contributed by atoms with Crippen LogP contribution in [-0.2, 0) is 65.4 Å². The topological polar surface area (TPSA) is 237 Å². The van der Waals surface area contributed by atoms with E-state index in [0.29, 0.717) is 31.6 Å². The number of unbranched alkanes of at least 4 members (excludes halogenated alkanes) is 34. The molecule has 5 atom stereocenters. The second-order valence-corrected chi connectivity index (χ2v) is 27.4. The highest BCUT2D eigenvalue weighted by atomic mass is 31.2. The molecule has 0 aliphatic rings. The molecular weight excluding hydrogens is 1110 g/mol. The molecule has 0 saturated heterocycles. The van der Waals surface area contributed by atoms with Crippen molar-refractivity contribution in [3.63, 3.8) is 0 Å². The second kappa shape index (κ2) is 57.5. The van der Waals surface area contributed by atoms with Gasteiger partial charge in [-0.15, -0.1) is 0 Å². The highest BCUT2D eigenvalue weighted by molar-refractivity contribution is 7.47. The minimum absolute atomic E-state index is 0.105. The zero-order valence-electron chi connectivity index (χ0n) is 54.2. The summed E-state index contributed by atoms with van der Waals surface area (Å²) in [5, 5.41) is 10.5. The lowest BCUT2D eigenvalue weighted by atomic mass is 10.0. The van der Waals surface area contributed by atoms with Crippen LogP contribution in [0.5, 0.6) is 0 Å². The number of rotatable bonds is 64. The number of carbonyl (C=O) groups is 4. The van der Waals surface area contributed by atoms with Crippen molar-refractivity contribution in [1.29, 1.82) is 0 Å². The first-order chi connectivity index (χ1) is 40.4. The van der Waals surface area contributed by atoms with Crippen LogP contribution >= 0.6 is 15.6 Å². The highest BCUT2D eigenvalue weighted by Crippen LogP contribution is 2.45. The van der Waals surface area contributed by atoms with Crippen LogP contribution in [0.4, 0.5) is 0 Å². The van der Waals surface area contributed by atoms with Crippen LogP contribution < -0.4 is 0 Å². The van der Waals surface area contributed by atoms with Gasteiger partial charge in [0.25, 0.3) is 0 Å². The maximum atomic E-state index is 13.0. The number of phosphoric acid groups is 2. The average molecular weight is 1240 g/mol. The molecule has 0 aromatic carbocycles. The van der Waals surface area contributed by atoms with Gasteiger partial charge in [-0.05, 0) is 37.5 Å². The summed E-state index contributed by atoms with van der Waals surface area (Å²) in [5.74, 6) is -0.690. The first-order valence-corrected chi connectivity index (χ1v) is 37.0. The van der Waals surface area contributed by atoms with Gasteiger partial charge >= 0.3 is 39.5 Å². The second-order valence-electron chi connectivity index (χ2n) is 24.5. The summed E-state index contributed by atoms with van der Waals surface area (Å²) >= 11 is 0. The molecule has 2 unspecified atom stereocenters. The Balaban J connectivity index is 5.25. The molecule has 498 valence electrons. The SMILES string of the molecule is CCCCCCCCCCCCCC(=O)OC[C@H](COP(=O)(O)OC[C@@H](O)COP(=O)(O)OC[C@@H](COC(=O)CCCCCCCCCC(C)C)OC(=O)CCCCCCCCCCCCC)OC(=O)CCCCCCCCCCCC(C)C. The predicted molar refractivity (Wildman–Crippen MR) is 335 cm³/mol. The van der Waals surface area contributed by atoms with Gasteiger partial charge in [-0.3, -0.25) is 37.3 Å². The van der Waals surface area contributed by atoms with Gasteiger partial charge in [0.05, 0.1) is 26.4 Å². The molecule has 0 heterocycles. The van der Waals surface area contributed by atoms with Gasteiger partial charge in [-0.1, -0.05) is 273 Å². The molecule has 0 aromatic heterocycles. The van der Waals surface area contributed by atoms with E-state index in [9.17, 15) is 43.2 Å². The lowest BCUT2D eigenvalue weighted by Crippen LogP contribution is -2.30. The summed E-state index contributed by atoms with van der Waals surface area (Å²) in [4.78, 5) is 72.2. The third-order valence-corrected chi connectivity index (χ3v) is 16.9. The summed E-state index contributed by atoms with van der Waals surface area (Å²) in [6.45, 7) is 9.42. The Hall–Kier alpha value is -1.94. The third kappa shape index (κ3) is 59.0. The Morgan fingerprint density at radius 3 is 0.810 bits per heavy atom. The third-order valence-electron chi connectivity index (χ3n) is 15.0. The first-order valence-electron chi connectivity index (χ1n) is 34.0. The molecule has 0 aliphatic carbocycles. The highest BCUT2D eigenvalue weighted by Gasteiger charge is 2.30. The molecule has 0 rings (SSSR count). The van der Waals surface area contributed by atoms with E-state index in [1.807, 2.05) is 0 Å². The Morgan fingerprint density at radius 1 is 0.321 bits per heavy atom. The molecule has 0 amide bonds. The number of ether oxygens (including phenoxy) is 4. The standard InChI is InChI=1S/C65H126O17P2/c1-7-9-11-13-15-17-19-23-29-35-41-47-62(67)75-53-60(82-65(70)50-44-38-31-25-21-22-27-33-39-45-57(3)4)55-79-83(71,72)77-51-59(66)52-78-84(73,74)80-56-61(54-76-63(68)48-42-36-32-26-28-34-40-46-58(5)6)81-64(69)49-43-37-30-24-20-18-16-14-12-10-8-2/h57-61,66H,7-56H2,1-6H3,(H,71,72)(H,73,74)/t59-,60-,61-/m1/s1. The molecule has 0 fully saturated rings. The quantitative estimate of drug-likeness (QED) is 0.0222. The number of phosphoric ester groups is 2. The summed E-state index contributed by atoms with van der Waals surface area (Å²) in [6.07, 6.45) is 40.3. The molecule has 19 heteroatoms. The van der Waals surface area contributed by atoms with Crippen molar-refractivity contribution >= 4 is 39.5 Å². The molecule has 0 aromatic rings. The molecule has 17 nitrogen and oxygen atoms in total. The van der Waals surface area contributed by atoms with E-state index >= 15 is 0 Å². The normalized spacial score (nSPS) is 14.3. The lowest BCUT2D eigenvalue weighted by Gasteiger charge is -2.21. The van der Waals surface area contributed by atoms with Crippen LogP contribution in [0.2, 0.25) is 0 Å². The van der Waals surface area contributed by atoms with Gasteiger partial charge in [-0.25, -0.2) is 9.13 Å². The number of aliphatic hydroxyl groups is 1. The number of carbonyl (C=O) groups excluding carboxylic acids is 4. The smallest absolute Gasteiger partial charge is 0.462 e. The Morgan fingerprint density at radius 2 is 0.548 bits per heavy atom. The molecule has 3 N–H and O–H groups in total. The molecule has 0 spiro atoms. The Kier molecular flexibility index (Phi) is 56.2. The van der Waals surface area contributed by atoms with Crippen LogP contribution in [0, 0.1) is 11.8 Å². The van der Waals surface area contributed by atoms with Gasteiger partial charge < -0.3 is 33.8 Å². The fourth-order valence-corrected chi connectivity index (χ4v) is 11.3. The maximum absolute atomic E-state index is 13.0. The van der Waals surface area contributed by atoms with E-state index in [0.717, 1.165) is 102 Å². The predicted octanol–water partition coefficient (Wildman–Crippen LogP) is 18.0. The fourth-order valence-electron chi connectivity index (χ4n) is 9.71. The monoisotopic (exact) mass is 1240 g/mol. The van der Waals surface area contributed by atoms with Crippen molar-refractivity contribution in [2.45, 2.75) is 342 Å². The minimum atomic E-state index is -4.94. The molecule has 84 heavy (non-hydrogen) atoms. The molecule has 0 radical (unpaired) electrons. The van der Waals surface area contributed by atoms with Crippen molar-refractivity contribution in [1.82, 2.24) is 0 Å². The Labute approximate surface area is 511 Å². The van der Waals surface area contributed by atoms with E-state index in [4.69, 9.17) is 37.0 Å². The molecular formula is C65H126O17P2. The number of hydrogen-bond donors (Lipinski definition) is 3. The van der Waals surface area contributed by atoms with E-state index in [-0.39, 0.29) is 25.7 Å². The van der Waals surface area contributed by atoms with Crippen LogP contribution in [0.1, 0.15) is 324 Å². The van der Waals surface area contributed by atoms with Gasteiger partial charge in [0.2, 0.25) is 0 Å². The van der Waals surface area contributed by atoms with Crippen molar-refractivity contribution in [3.8, 4) is 0 Å². The van der Waals surface area contributed by atoms with E-state index < -0.39 is 97.5 Å². The zero-order valence-corrected chi connectivity index (χ0v) is 56.0. The number of esters is 4. The largest absolute Gasteiger partial charge is 0.472 e. The fraction of sp³-hybridized carbons (Fsp3) is 0.938. The van der Waals surface area contributed by atoms with Gasteiger partial charge in [0, 0.05) is 25.7 Å². The van der Waals surface area contributed by atoms with E-state index in [2.05, 4.69) is 41.5 Å². The van der Waals surface area contributed by atoms with Crippen LogP contribution in [0.25, 0.3) is 0 Å². The van der Waals surface area contributed by atoms with Crippen molar-refractivity contribution in [2.75, 3.05) is 39.6 Å². The van der Waals surface area contributed by atoms with E-state index in [1.165, 1.54) is 135 Å². The summed E-state index contributed by atoms with van der Waals surface area (Å²) in [6, 6.07) is 0. The zero-order chi connectivity index (χ0) is 62.2. The first kappa shape index (κ1) is 82.1. The van der Waals surface area contributed by atoms with Crippen molar-refractivity contribution in [3.05, 3.63) is 0 Å². The number of hydrogen-bond acceptors (Lipinski definition) is 15. The summed E-state index contributed by atoms with van der Waals surface area (Å²) in [5.41, 5.74) is 0. The molecule has 0 aliphatic heterocycles. The molecule has 0 bridgehead atoms. The Bertz CT molecular complexity index is 1650.